The second-order valence-electron chi connectivity index (χ2n) is 4.99. The van der Waals surface area contributed by atoms with Crippen LogP contribution < -0.4 is 15.5 Å². The first-order valence-electron chi connectivity index (χ1n) is 6.70. The molecule has 112 valence electrons. The summed E-state index contributed by atoms with van der Waals surface area (Å²) in [5.74, 6) is 0.941. The highest BCUT2D eigenvalue weighted by Crippen LogP contribution is 2.13. The Kier molecular flexibility index (Phi) is 5.61. The summed E-state index contributed by atoms with van der Waals surface area (Å²) in [6.45, 7) is 0.690. The lowest BCUT2D eigenvalue weighted by Gasteiger charge is -2.20. The van der Waals surface area contributed by atoms with Crippen LogP contribution in [0.3, 0.4) is 0 Å². The zero-order valence-corrected chi connectivity index (χ0v) is 13.6. The van der Waals surface area contributed by atoms with Gasteiger partial charge in [-0.15, -0.1) is 0 Å². The predicted molar refractivity (Wildman–Crippen MR) is 89.9 cm³/mol. The summed E-state index contributed by atoms with van der Waals surface area (Å²) in [7, 11) is 4.18. The third-order valence-electron chi connectivity index (χ3n) is 3.15. The van der Waals surface area contributed by atoms with Gasteiger partial charge in [0.05, 0.1) is 26.9 Å². The third-order valence-corrected chi connectivity index (χ3v) is 3.65. The first-order valence-corrected chi connectivity index (χ1v) is 7.49. The van der Waals surface area contributed by atoms with E-state index in [0.717, 1.165) is 11.4 Å². The molecule has 1 aromatic carbocycles. The van der Waals surface area contributed by atoms with Gasteiger partial charge in [0.25, 0.3) is 0 Å². The fourth-order valence-electron chi connectivity index (χ4n) is 1.98. The van der Waals surface area contributed by atoms with Crippen LogP contribution in [0, 0.1) is 0 Å². The minimum absolute atomic E-state index is 0.199. The lowest BCUT2D eigenvalue weighted by atomic mass is 10.2. The molecule has 0 aliphatic heterocycles. The second kappa shape index (κ2) is 7.45. The van der Waals surface area contributed by atoms with Crippen LogP contribution in [0.2, 0.25) is 5.02 Å². The Morgan fingerprint density at radius 2 is 2.00 bits per heavy atom. The van der Waals surface area contributed by atoms with E-state index in [4.69, 9.17) is 28.2 Å². The van der Waals surface area contributed by atoms with Gasteiger partial charge in [0, 0.05) is 10.7 Å². The van der Waals surface area contributed by atoms with Crippen molar-refractivity contribution in [2.24, 2.45) is 0 Å². The SMILES string of the molecule is C[NH+](C)[C@H](CNC(=S)Nc1ccc(Cl)cc1)c1ccco1. The normalized spacial score (nSPS) is 12.2. The fourth-order valence-corrected chi connectivity index (χ4v) is 2.31. The van der Waals surface area contributed by atoms with Gasteiger partial charge in [0.2, 0.25) is 0 Å². The van der Waals surface area contributed by atoms with E-state index in [1.54, 1.807) is 6.26 Å². The van der Waals surface area contributed by atoms with Crippen LogP contribution in [-0.4, -0.2) is 25.8 Å². The summed E-state index contributed by atoms with van der Waals surface area (Å²) in [4.78, 5) is 1.27. The Morgan fingerprint density at radius 3 is 2.57 bits per heavy atom. The maximum atomic E-state index is 5.85. The number of thiocarbonyl (C=S) groups is 1. The van der Waals surface area contributed by atoms with Gasteiger partial charge in [-0.25, -0.2) is 0 Å². The van der Waals surface area contributed by atoms with Gasteiger partial charge in [-0.05, 0) is 48.6 Å². The Hall–Kier alpha value is -1.56. The number of nitrogens with one attached hydrogen (secondary N) is 3. The second-order valence-corrected chi connectivity index (χ2v) is 5.83. The molecule has 21 heavy (non-hydrogen) atoms. The molecule has 0 aliphatic rings. The number of quaternary nitrogens is 1. The molecule has 0 spiro atoms. The summed E-state index contributed by atoms with van der Waals surface area (Å²) in [6.07, 6.45) is 1.69. The number of rotatable bonds is 5. The standard InChI is InChI=1S/C15H18ClN3OS/c1-19(2)13(14-4-3-9-20-14)10-17-15(21)18-12-7-5-11(16)6-8-12/h3-9,13H,10H2,1-2H3,(H2,17,18,21)/p+1/t13-/m1/s1. The Labute approximate surface area is 135 Å². The molecule has 4 nitrogen and oxygen atoms in total. The van der Waals surface area contributed by atoms with Crippen molar-refractivity contribution in [2.75, 3.05) is 26.0 Å². The highest BCUT2D eigenvalue weighted by Gasteiger charge is 2.20. The van der Waals surface area contributed by atoms with Crippen molar-refractivity contribution in [1.82, 2.24) is 5.32 Å². The molecule has 1 heterocycles. The molecule has 3 N–H and O–H groups in total. The lowest BCUT2D eigenvalue weighted by molar-refractivity contribution is -0.891. The number of anilines is 1. The molecule has 2 rings (SSSR count). The zero-order chi connectivity index (χ0) is 15.2. The number of furan rings is 1. The van der Waals surface area contributed by atoms with Crippen molar-refractivity contribution in [3.05, 3.63) is 53.4 Å². The topological polar surface area (TPSA) is 41.6 Å². The van der Waals surface area contributed by atoms with Crippen LogP contribution in [-0.2, 0) is 0 Å². The summed E-state index contributed by atoms with van der Waals surface area (Å²) in [6, 6.07) is 11.5. The molecule has 0 saturated heterocycles. The van der Waals surface area contributed by atoms with E-state index in [0.29, 0.717) is 16.7 Å². The highest BCUT2D eigenvalue weighted by molar-refractivity contribution is 7.80. The molecule has 0 aliphatic carbocycles. The van der Waals surface area contributed by atoms with Crippen molar-refractivity contribution >= 4 is 34.6 Å². The van der Waals surface area contributed by atoms with E-state index in [1.165, 1.54) is 4.90 Å². The van der Waals surface area contributed by atoms with E-state index >= 15 is 0 Å². The first kappa shape index (κ1) is 15.8. The number of likely N-dealkylation sites (N-methyl/N-ethyl adjacent to an activating group) is 1. The molecule has 6 heteroatoms. The lowest BCUT2D eigenvalue weighted by Crippen LogP contribution is -3.07. The van der Waals surface area contributed by atoms with Crippen LogP contribution in [0.1, 0.15) is 11.8 Å². The molecule has 2 aromatic rings. The summed E-state index contributed by atoms with van der Waals surface area (Å²) >= 11 is 11.2. The summed E-state index contributed by atoms with van der Waals surface area (Å²) in [5.41, 5.74) is 0.906. The highest BCUT2D eigenvalue weighted by atomic mass is 35.5. The van der Waals surface area contributed by atoms with E-state index in [-0.39, 0.29) is 6.04 Å². The van der Waals surface area contributed by atoms with Gasteiger partial charge in [-0.3, -0.25) is 0 Å². The quantitative estimate of drug-likeness (QED) is 0.737. The van der Waals surface area contributed by atoms with Crippen molar-refractivity contribution in [3.63, 3.8) is 0 Å². The average molecular weight is 325 g/mol. The van der Waals surface area contributed by atoms with Crippen LogP contribution in [0.25, 0.3) is 0 Å². The predicted octanol–water partition coefficient (Wildman–Crippen LogP) is 2.11. The van der Waals surface area contributed by atoms with E-state index < -0.39 is 0 Å². The molecular formula is C15H19ClN3OS+. The summed E-state index contributed by atoms with van der Waals surface area (Å²) < 4.78 is 5.48. The fraction of sp³-hybridized carbons (Fsp3) is 0.267. The van der Waals surface area contributed by atoms with Crippen molar-refractivity contribution in [3.8, 4) is 0 Å². The maximum absolute atomic E-state index is 5.85. The van der Waals surface area contributed by atoms with Gasteiger partial charge < -0.3 is 20.0 Å². The van der Waals surface area contributed by atoms with Crippen molar-refractivity contribution < 1.29 is 9.32 Å². The first-order chi connectivity index (χ1) is 10.1. The van der Waals surface area contributed by atoms with Gasteiger partial charge in [-0.2, -0.15) is 0 Å². The molecule has 1 atom stereocenters. The monoisotopic (exact) mass is 324 g/mol. The molecule has 0 amide bonds. The van der Waals surface area contributed by atoms with E-state index in [2.05, 4.69) is 24.7 Å². The van der Waals surface area contributed by atoms with E-state index in [1.807, 2.05) is 36.4 Å². The van der Waals surface area contributed by atoms with Crippen LogP contribution in [0.5, 0.6) is 0 Å². The molecule has 0 bridgehead atoms. The smallest absolute Gasteiger partial charge is 0.171 e. The number of hydrogen-bond acceptors (Lipinski definition) is 2. The Balaban J connectivity index is 1.89. The minimum atomic E-state index is 0.199. The Bertz CT molecular complexity index is 569. The number of halogens is 1. The molecular weight excluding hydrogens is 306 g/mol. The number of hydrogen-bond donors (Lipinski definition) is 3. The van der Waals surface area contributed by atoms with Gasteiger partial charge in [0.15, 0.2) is 16.9 Å². The minimum Gasteiger partial charge on any atom is -0.463 e. The van der Waals surface area contributed by atoms with Gasteiger partial charge in [-0.1, -0.05) is 11.6 Å². The van der Waals surface area contributed by atoms with Crippen LogP contribution >= 0.6 is 23.8 Å². The third kappa shape index (κ3) is 4.74. The van der Waals surface area contributed by atoms with E-state index in [9.17, 15) is 0 Å². The van der Waals surface area contributed by atoms with Crippen LogP contribution in [0.4, 0.5) is 5.69 Å². The largest absolute Gasteiger partial charge is 0.463 e. The van der Waals surface area contributed by atoms with Crippen molar-refractivity contribution in [1.29, 1.82) is 0 Å². The molecule has 0 radical (unpaired) electrons. The molecule has 0 unspecified atom stereocenters. The molecule has 0 fully saturated rings. The zero-order valence-electron chi connectivity index (χ0n) is 12.0. The van der Waals surface area contributed by atoms with Crippen molar-refractivity contribution in [2.45, 2.75) is 6.04 Å². The maximum Gasteiger partial charge on any atom is 0.171 e. The van der Waals surface area contributed by atoms with Gasteiger partial charge >= 0.3 is 0 Å². The number of benzene rings is 1. The molecule has 0 saturated carbocycles. The molecule has 1 aromatic heterocycles. The van der Waals surface area contributed by atoms with Gasteiger partial charge in [0.1, 0.15) is 0 Å². The van der Waals surface area contributed by atoms with Crippen LogP contribution in [0.15, 0.2) is 47.1 Å². The Morgan fingerprint density at radius 1 is 1.29 bits per heavy atom. The average Bonchev–Trinajstić information content (AvgIpc) is 2.95. The summed E-state index contributed by atoms with van der Waals surface area (Å²) in [5, 5.41) is 7.63.